The molecule has 0 amide bonds. The molecule has 3 N–H and O–H groups in total. The number of aliphatic hydroxyl groups excluding tert-OH is 1. The number of sulfonamides is 1. The summed E-state index contributed by atoms with van der Waals surface area (Å²) in [7, 11) is -2.15. The summed E-state index contributed by atoms with van der Waals surface area (Å²) in [6.07, 6.45) is 1.53. The highest BCUT2D eigenvalue weighted by Crippen LogP contribution is 2.26. The molecule has 1 aliphatic carbocycles. The zero-order chi connectivity index (χ0) is 13.2. The van der Waals surface area contributed by atoms with E-state index in [-0.39, 0.29) is 11.2 Å². The van der Waals surface area contributed by atoms with Crippen LogP contribution in [0.25, 0.3) is 0 Å². The van der Waals surface area contributed by atoms with Gasteiger partial charge in [0.05, 0.1) is 12.6 Å². The maximum atomic E-state index is 11.4. The molecule has 102 valence electrons. The van der Waals surface area contributed by atoms with E-state index in [1.165, 1.54) is 13.1 Å². The molecule has 18 heavy (non-hydrogen) atoms. The van der Waals surface area contributed by atoms with Crippen LogP contribution in [0.15, 0.2) is 21.6 Å². The molecule has 0 bridgehead atoms. The van der Waals surface area contributed by atoms with E-state index in [9.17, 15) is 8.42 Å². The van der Waals surface area contributed by atoms with E-state index in [2.05, 4.69) is 10.0 Å². The van der Waals surface area contributed by atoms with Gasteiger partial charge in [0.2, 0.25) is 5.09 Å². The topological polar surface area (TPSA) is 91.6 Å². The van der Waals surface area contributed by atoms with Gasteiger partial charge in [0.25, 0.3) is 10.0 Å². The molecular formula is C11H18N2O4S. The van der Waals surface area contributed by atoms with Gasteiger partial charge in [0.1, 0.15) is 5.76 Å². The van der Waals surface area contributed by atoms with Crippen LogP contribution < -0.4 is 10.0 Å². The van der Waals surface area contributed by atoms with Crippen LogP contribution in [-0.2, 0) is 16.6 Å². The summed E-state index contributed by atoms with van der Waals surface area (Å²) in [5.74, 6) is 1.10. The average molecular weight is 274 g/mol. The van der Waals surface area contributed by atoms with Crippen LogP contribution >= 0.6 is 0 Å². The van der Waals surface area contributed by atoms with Gasteiger partial charge in [-0.1, -0.05) is 0 Å². The minimum Gasteiger partial charge on any atom is -0.447 e. The third-order valence-corrected chi connectivity index (χ3v) is 4.40. The summed E-state index contributed by atoms with van der Waals surface area (Å²) in [5, 5.41) is 12.3. The van der Waals surface area contributed by atoms with Gasteiger partial charge in [-0.2, -0.15) is 0 Å². The summed E-state index contributed by atoms with van der Waals surface area (Å²) in [6, 6.07) is 3.09. The summed E-state index contributed by atoms with van der Waals surface area (Å²) < 4.78 is 30.3. The molecule has 1 aromatic heterocycles. The molecule has 1 aromatic rings. The monoisotopic (exact) mass is 274 g/mol. The summed E-state index contributed by atoms with van der Waals surface area (Å²) in [4.78, 5) is 0. The van der Waals surface area contributed by atoms with Crippen molar-refractivity contribution in [1.29, 1.82) is 0 Å². The zero-order valence-corrected chi connectivity index (χ0v) is 11.0. The number of rotatable bonds is 6. The van der Waals surface area contributed by atoms with Crippen molar-refractivity contribution in [3.63, 3.8) is 0 Å². The maximum Gasteiger partial charge on any atom is 0.273 e. The van der Waals surface area contributed by atoms with Gasteiger partial charge in [0, 0.05) is 0 Å². The van der Waals surface area contributed by atoms with Crippen LogP contribution in [0.4, 0.5) is 0 Å². The van der Waals surface area contributed by atoms with E-state index < -0.39 is 10.0 Å². The van der Waals surface area contributed by atoms with E-state index in [1.54, 1.807) is 6.07 Å². The lowest BCUT2D eigenvalue weighted by Crippen LogP contribution is -2.35. The van der Waals surface area contributed by atoms with Gasteiger partial charge in [-0.25, -0.2) is 13.1 Å². The Balaban J connectivity index is 1.80. The third-order valence-electron chi connectivity index (χ3n) is 3.11. The number of furan rings is 1. The lowest BCUT2D eigenvalue weighted by Gasteiger charge is -2.31. The molecule has 1 fully saturated rings. The molecule has 2 rings (SSSR count). The Kier molecular flexibility index (Phi) is 4.06. The second-order valence-corrected chi connectivity index (χ2v) is 6.37. The van der Waals surface area contributed by atoms with E-state index >= 15 is 0 Å². The molecule has 7 heteroatoms. The van der Waals surface area contributed by atoms with Crippen LogP contribution in [0.1, 0.15) is 18.6 Å². The van der Waals surface area contributed by atoms with Crippen molar-refractivity contribution >= 4 is 10.0 Å². The largest absolute Gasteiger partial charge is 0.447 e. The van der Waals surface area contributed by atoms with Crippen LogP contribution in [0.2, 0.25) is 0 Å². The summed E-state index contributed by atoms with van der Waals surface area (Å²) >= 11 is 0. The number of aliphatic hydroxyl groups is 1. The van der Waals surface area contributed by atoms with Crippen LogP contribution in [0.3, 0.4) is 0 Å². The van der Waals surface area contributed by atoms with Crippen LogP contribution in [0.5, 0.6) is 0 Å². The molecule has 1 saturated carbocycles. The van der Waals surface area contributed by atoms with E-state index in [0.29, 0.717) is 18.2 Å². The SMILES string of the molecule is CNS(=O)(=O)c1ccc(CNCC2CC(O)C2)o1. The van der Waals surface area contributed by atoms with Gasteiger partial charge < -0.3 is 14.8 Å². The van der Waals surface area contributed by atoms with E-state index in [1.807, 2.05) is 0 Å². The highest BCUT2D eigenvalue weighted by molar-refractivity contribution is 7.89. The Bertz CT molecular complexity index is 491. The van der Waals surface area contributed by atoms with Gasteiger partial charge in [-0.3, -0.25) is 0 Å². The molecular weight excluding hydrogens is 256 g/mol. The fraction of sp³-hybridized carbons (Fsp3) is 0.636. The molecule has 0 atom stereocenters. The number of hydrogen-bond acceptors (Lipinski definition) is 5. The Hall–Kier alpha value is -0.890. The van der Waals surface area contributed by atoms with Crippen molar-refractivity contribution < 1.29 is 17.9 Å². The Morgan fingerprint density at radius 1 is 1.44 bits per heavy atom. The molecule has 1 heterocycles. The maximum absolute atomic E-state index is 11.4. The normalized spacial score (nSPS) is 23.9. The third kappa shape index (κ3) is 3.11. The van der Waals surface area contributed by atoms with E-state index in [4.69, 9.17) is 9.52 Å². The molecule has 0 aromatic carbocycles. The predicted molar refractivity (Wildman–Crippen MR) is 65.4 cm³/mol. The van der Waals surface area contributed by atoms with Gasteiger partial charge in [-0.15, -0.1) is 0 Å². The minimum absolute atomic E-state index is 0.0686. The standard InChI is InChI=1S/C11H18N2O4S/c1-12-18(15,16)11-3-2-10(17-11)7-13-6-8-4-9(14)5-8/h2-3,8-9,12-14H,4-7H2,1H3. The molecule has 6 nitrogen and oxygen atoms in total. The van der Waals surface area contributed by atoms with Crippen molar-refractivity contribution in [2.75, 3.05) is 13.6 Å². The molecule has 0 saturated heterocycles. The van der Waals surface area contributed by atoms with Crippen molar-refractivity contribution in [3.05, 3.63) is 17.9 Å². The van der Waals surface area contributed by atoms with Crippen molar-refractivity contribution in [2.45, 2.75) is 30.6 Å². The molecule has 1 aliphatic rings. The quantitative estimate of drug-likeness (QED) is 0.681. The first-order chi connectivity index (χ1) is 8.51. The molecule has 0 radical (unpaired) electrons. The highest BCUT2D eigenvalue weighted by Gasteiger charge is 2.26. The molecule has 0 unspecified atom stereocenters. The lowest BCUT2D eigenvalue weighted by molar-refractivity contribution is 0.0428. The average Bonchev–Trinajstić information content (AvgIpc) is 2.76. The fourth-order valence-electron chi connectivity index (χ4n) is 1.96. The minimum atomic E-state index is -3.50. The fourth-order valence-corrected chi connectivity index (χ4v) is 2.63. The van der Waals surface area contributed by atoms with Crippen molar-refractivity contribution in [1.82, 2.24) is 10.0 Å². The van der Waals surface area contributed by atoms with Crippen molar-refractivity contribution in [2.24, 2.45) is 5.92 Å². The van der Waals surface area contributed by atoms with Crippen LogP contribution in [-0.4, -0.2) is 33.2 Å². The number of hydrogen-bond donors (Lipinski definition) is 3. The van der Waals surface area contributed by atoms with Gasteiger partial charge in [0.15, 0.2) is 0 Å². The Morgan fingerprint density at radius 2 is 2.17 bits per heavy atom. The summed E-state index contributed by atoms with van der Waals surface area (Å²) in [6.45, 7) is 1.30. The molecule has 0 aliphatic heterocycles. The number of nitrogens with one attached hydrogen (secondary N) is 2. The summed E-state index contributed by atoms with van der Waals surface area (Å²) in [5.41, 5.74) is 0. The first kappa shape index (κ1) is 13.5. The van der Waals surface area contributed by atoms with E-state index in [0.717, 1.165) is 19.4 Å². The van der Waals surface area contributed by atoms with Crippen LogP contribution in [0, 0.1) is 5.92 Å². The molecule has 0 spiro atoms. The Morgan fingerprint density at radius 3 is 2.78 bits per heavy atom. The van der Waals surface area contributed by atoms with Gasteiger partial charge >= 0.3 is 0 Å². The second kappa shape index (κ2) is 5.40. The first-order valence-electron chi connectivity index (χ1n) is 5.92. The predicted octanol–water partition coefficient (Wildman–Crippen LogP) is 0.0482. The second-order valence-electron chi connectivity index (χ2n) is 4.55. The smallest absolute Gasteiger partial charge is 0.273 e. The zero-order valence-electron chi connectivity index (χ0n) is 10.2. The van der Waals surface area contributed by atoms with Gasteiger partial charge in [-0.05, 0) is 44.5 Å². The lowest BCUT2D eigenvalue weighted by atomic mass is 9.82. The highest BCUT2D eigenvalue weighted by atomic mass is 32.2. The Labute approximate surface area is 106 Å². The van der Waals surface area contributed by atoms with Crippen molar-refractivity contribution in [3.8, 4) is 0 Å². The first-order valence-corrected chi connectivity index (χ1v) is 7.40.